The number of carbonyl (C=O) groups excluding carboxylic acids is 1. The van der Waals surface area contributed by atoms with Crippen molar-refractivity contribution in [3.63, 3.8) is 0 Å². The van der Waals surface area contributed by atoms with E-state index in [0.717, 1.165) is 5.57 Å². The van der Waals surface area contributed by atoms with E-state index >= 15 is 0 Å². The molecule has 2 aromatic rings. The maximum absolute atomic E-state index is 13.1. The molecule has 0 bridgehead atoms. The van der Waals surface area contributed by atoms with Gasteiger partial charge in [0.05, 0.1) is 6.42 Å². The second kappa shape index (κ2) is 7.93. The average molecular weight is 478 g/mol. The van der Waals surface area contributed by atoms with Gasteiger partial charge in [-0.25, -0.2) is 4.79 Å². The maximum Gasteiger partial charge on any atom is 0.347 e. The minimum atomic E-state index is -1.05. The van der Waals surface area contributed by atoms with Crippen LogP contribution in [0.5, 0.6) is 5.75 Å². The largest absolute Gasteiger partial charge is 0.481 e. The molecule has 3 heterocycles. The third-order valence-corrected chi connectivity index (χ3v) is 8.08. The Labute approximate surface area is 202 Å². The minimum Gasteiger partial charge on any atom is -0.481 e. The molecule has 2 aliphatic carbocycles. The number of carboxylic acid groups (broad SMARTS) is 1. The lowest BCUT2D eigenvalue weighted by molar-refractivity contribution is -0.159. The first-order valence-corrected chi connectivity index (χ1v) is 11.6. The molecule has 35 heavy (non-hydrogen) atoms. The summed E-state index contributed by atoms with van der Waals surface area (Å²) < 4.78 is 17.7. The molecule has 1 aliphatic heterocycles. The minimum absolute atomic E-state index is 0.0599. The van der Waals surface area contributed by atoms with Gasteiger partial charge in [-0.05, 0) is 60.3 Å². The number of allylic oxidation sites excluding steroid dienone is 2. The Morgan fingerprint density at radius 3 is 2.83 bits per heavy atom. The molecule has 8 heteroatoms. The number of aromatic nitrogens is 1. The molecule has 2 aromatic heterocycles. The Balaban J connectivity index is 1.69. The Morgan fingerprint density at radius 1 is 1.34 bits per heavy atom. The summed E-state index contributed by atoms with van der Waals surface area (Å²) in [7, 11) is 0. The van der Waals surface area contributed by atoms with Crippen LogP contribution in [0.15, 0.2) is 57.5 Å². The van der Waals surface area contributed by atoms with Crippen LogP contribution in [0.4, 0.5) is 0 Å². The lowest BCUT2D eigenvalue weighted by Gasteiger charge is -2.60. The van der Waals surface area contributed by atoms with Gasteiger partial charge in [0.1, 0.15) is 23.2 Å². The number of nitrogens with zero attached hydrogens (tertiary/aromatic N) is 1. The van der Waals surface area contributed by atoms with E-state index in [0.29, 0.717) is 36.4 Å². The Kier molecular flexibility index (Phi) is 5.23. The zero-order valence-electron chi connectivity index (χ0n) is 19.8. The van der Waals surface area contributed by atoms with Crippen molar-refractivity contribution in [1.29, 1.82) is 0 Å². The van der Waals surface area contributed by atoms with Gasteiger partial charge in [0, 0.05) is 24.0 Å². The Hall–Kier alpha value is -3.68. The number of aliphatic carboxylic acids is 1. The topological polar surface area (TPSA) is 116 Å². The molecule has 0 radical (unpaired) electrons. The van der Waals surface area contributed by atoms with Gasteiger partial charge in [-0.3, -0.25) is 14.6 Å². The fraction of sp³-hybridized carbons (Fsp3) is 0.407. The summed E-state index contributed by atoms with van der Waals surface area (Å²) in [5, 5.41) is 9.63. The van der Waals surface area contributed by atoms with E-state index in [2.05, 4.69) is 11.9 Å². The van der Waals surface area contributed by atoms with E-state index in [1.807, 2.05) is 26.0 Å². The molecule has 0 amide bonds. The zero-order valence-corrected chi connectivity index (χ0v) is 19.8. The van der Waals surface area contributed by atoms with Crippen molar-refractivity contribution in [2.45, 2.75) is 51.7 Å². The van der Waals surface area contributed by atoms with E-state index in [-0.39, 0.29) is 17.9 Å². The highest BCUT2D eigenvalue weighted by atomic mass is 16.6. The fourth-order valence-electron chi connectivity index (χ4n) is 6.47. The standard InChI is InChI=1S/C27H27NO7/c1-25(13-23(30)31)7-5-8-26(2)20(25)12-22(33-15-29)27(3)21(26)10-17-19(35-27)11-18(34-24(17)32)16-6-4-9-28-14-16/h4-7,9-11,14-15,20,22H,8,12-13H2,1-3H3,(H,30,31)/t20-,22?,25-,26-,27-/m0/s1. The Morgan fingerprint density at radius 2 is 2.14 bits per heavy atom. The summed E-state index contributed by atoms with van der Waals surface area (Å²) in [5.74, 6) is -0.394. The number of hydrogen-bond donors (Lipinski definition) is 1. The molecule has 3 aliphatic rings. The summed E-state index contributed by atoms with van der Waals surface area (Å²) in [6, 6.07) is 5.19. The number of carbonyl (C=O) groups is 2. The SMILES string of the molecule is C[C@]12Oc3cc(-c4cccnc4)oc(=O)c3C=C1[C@@]1(C)CC=C[C@@](C)(CC(=O)O)[C@@H]1CC2OC=O. The van der Waals surface area contributed by atoms with Gasteiger partial charge in [0.2, 0.25) is 0 Å². The molecule has 1 N–H and O–H groups in total. The van der Waals surface area contributed by atoms with E-state index < -0.39 is 34.1 Å². The smallest absolute Gasteiger partial charge is 0.347 e. The third kappa shape index (κ3) is 3.50. The van der Waals surface area contributed by atoms with Crippen molar-refractivity contribution in [1.82, 2.24) is 4.98 Å². The molecule has 0 spiro atoms. The fourth-order valence-corrected chi connectivity index (χ4v) is 6.47. The van der Waals surface area contributed by atoms with Crippen LogP contribution in [0.1, 0.15) is 45.6 Å². The number of rotatable bonds is 5. The quantitative estimate of drug-likeness (QED) is 0.502. The number of fused-ring (bicyclic) bond motifs is 4. The number of pyridine rings is 1. The number of carboxylic acids is 1. The normalized spacial score (nSPS) is 32.8. The molecular formula is C27H27NO7. The molecule has 0 saturated heterocycles. The van der Waals surface area contributed by atoms with Crippen molar-refractivity contribution >= 4 is 18.5 Å². The van der Waals surface area contributed by atoms with Crippen molar-refractivity contribution < 1.29 is 28.6 Å². The molecule has 1 unspecified atom stereocenters. The highest BCUT2D eigenvalue weighted by Gasteiger charge is 2.62. The number of ether oxygens (including phenoxy) is 2. The summed E-state index contributed by atoms with van der Waals surface area (Å²) in [4.78, 5) is 40.4. The molecular weight excluding hydrogens is 450 g/mol. The molecule has 1 saturated carbocycles. The van der Waals surface area contributed by atoms with Crippen molar-refractivity contribution in [2.24, 2.45) is 16.7 Å². The zero-order chi connectivity index (χ0) is 25.0. The van der Waals surface area contributed by atoms with Gasteiger partial charge in [-0.15, -0.1) is 0 Å². The van der Waals surface area contributed by atoms with Crippen molar-refractivity contribution in [3.8, 4) is 17.1 Å². The van der Waals surface area contributed by atoms with Crippen LogP contribution in [0.25, 0.3) is 17.4 Å². The summed E-state index contributed by atoms with van der Waals surface area (Å²) in [5.41, 5.74) is -1.07. The molecule has 5 rings (SSSR count). The summed E-state index contributed by atoms with van der Waals surface area (Å²) in [6.45, 7) is 6.26. The van der Waals surface area contributed by atoms with Crippen LogP contribution >= 0.6 is 0 Å². The second-order valence-electron chi connectivity index (χ2n) is 10.3. The highest BCUT2D eigenvalue weighted by molar-refractivity contribution is 5.71. The van der Waals surface area contributed by atoms with Gasteiger partial charge >= 0.3 is 11.6 Å². The van der Waals surface area contributed by atoms with Crippen LogP contribution in [0, 0.1) is 16.7 Å². The third-order valence-electron chi connectivity index (χ3n) is 8.08. The average Bonchev–Trinajstić information content (AvgIpc) is 2.79. The van der Waals surface area contributed by atoms with E-state index in [1.54, 1.807) is 36.7 Å². The molecule has 1 fully saturated rings. The van der Waals surface area contributed by atoms with Crippen LogP contribution in [-0.4, -0.2) is 34.2 Å². The van der Waals surface area contributed by atoms with E-state index in [1.165, 1.54) is 0 Å². The predicted octanol–water partition coefficient (Wildman–Crippen LogP) is 4.25. The van der Waals surface area contributed by atoms with Gasteiger partial charge in [-0.2, -0.15) is 0 Å². The van der Waals surface area contributed by atoms with Crippen molar-refractivity contribution in [3.05, 3.63) is 64.3 Å². The Bertz CT molecular complexity index is 1310. The molecule has 182 valence electrons. The predicted molar refractivity (Wildman–Crippen MR) is 126 cm³/mol. The molecule has 0 aromatic carbocycles. The number of hydrogen-bond acceptors (Lipinski definition) is 7. The molecule has 8 nitrogen and oxygen atoms in total. The summed E-state index contributed by atoms with van der Waals surface area (Å²) >= 11 is 0. The van der Waals surface area contributed by atoms with Crippen molar-refractivity contribution in [2.75, 3.05) is 0 Å². The van der Waals surface area contributed by atoms with Gasteiger partial charge in [0.25, 0.3) is 6.47 Å². The first-order valence-electron chi connectivity index (χ1n) is 11.6. The lowest BCUT2D eigenvalue weighted by atomic mass is 9.47. The van der Waals surface area contributed by atoms with Crippen LogP contribution in [-0.2, 0) is 14.3 Å². The summed E-state index contributed by atoms with van der Waals surface area (Å²) in [6.07, 6.45) is 9.31. The van der Waals surface area contributed by atoms with Crippen LogP contribution in [0.3, 0.4) is 0 Å². The van der Waals surface area contributed by atoms with E-state index in [4.69, 9.17) is 13.9 Å². The van der Waals surface area contributed by atoms with Crippen LogP contribution in [0.2, 0.25) is 0 Å². The monoisotopic (exact) mass is 477 g/mol. The van der Waals surface area contributed by atoms with Gasteiger partial charge < -0.3 is 19.0 Å². The van der Waals surface area contributed by atoms with Gasteiger partial charge in [0.15, 0.2) is 5.60 Å². The second-order valence-corrected chi connectivity index (χ2v) is 10.3. The molecule has 5 atom stereocenters. The van der Waals surface area contributed by atoms with Crippen LogP contribution < -0.4 is 10.4 Å². The van der Waals surface area contributed by atoms with Gasteiger partial charge in [-0.1, -0.05) is 26.0 Å². The van der Waals surface area contributed by atoms with E-state index in [9.17, 15) is 19.5 Å². The highest BCUT2D eigenvalue weighted by Crippen LogP contribution is 2.63. The lowest BCUT2D eigenvalue weighted by Crippen LogP contribution is -2.62. The maximum atomic E-state index is 13.1. The first kappa shape index (κ1) is 23.1. The first-order chi connectivity index (χ1) is 16.6.